The fraction of sp³-hybridized carbons (Fsp3) is 0.346. The summed E-state index contributed by atoms with van der Waals surface area (Å²) in [6, 6.07) is 9.54. The Morgan fingerprint density at radius 3 is 2.78 bits per heavy atom. The molecule has 2 amide bonds. The number of rotatable bonds is 4. The van der Waals surface area contributed by atoms with Crippen molar-refractivity contribution in [1.82, 2.24) is 25.0 Å². The van der Waals surface area contributed by atoms with Crippen LogP contribution >= 0.6 is 0 Å². The topological polar surface area (TPSA) is 127 Å². The number of carbonyl (C=O) groups excluding carboxylic acids is 2. The molecule has 6 rings (SSSR count). The van der Waals surface area contributed by atoms with Crippen LogP contribution in [0.15, 0.2) is 36.5 Å². The van der Waals surface area contributed by atoms with E-state index in [0.717, 1.165) is 12.8 Å². The van der Waals surface area contributed by atoms with Crippen molar-refractivity contribution in [2.75, 3.05) is 31.1 Å². The first-order chi connectivity index (χ1) is 17.9. The lowest BCUT2D eigenvalue weighted by Gasteiger charge is -2.27. The van der Waals surface area contributed by atoms with Crippen LogP contribution in [0.2, 0.25) is 0 Å². The van der Waals surface area contributed by atoms with E-state index in [9.17, 15) is 24.3 Å². The Morgan fingerprint density at radius 2 is 2.00 bits per heavy atom. The number of pyridine rings is 1. The third-order valence-corrected chi connectivity index (χ3v) is 7.29. The number of nitrogens with one attached hydrogen (secondary N) is 1. The van der Waals surface area contributed by atoms with Crippen LogP contribution in [-0.2, 0) is 11.3 Å². The standard InChI is InChI=1S/C26H24FN7O3/c27-17-5-3-4-16(13-28)22(17)18-12-20(23-19(30-18)14-29-24(23)35)34-10-6-21(31-34)33-11-7-26(37,15-33)25(36)32-8-1-2-9-32/h3-6,10,12,37H,1-2,7-9,11,14-15H2,(H,29,35)/t26-/m1/s1. The number of β-amino-alcohol motifs (C(OH)–C–C–N with tert-alkyl or cyclic N) is 1. The van der Waals surface area contributed by atoms with E-state index in [-0.39, 0.29) is 41.7 Å². The third-order valence-electron chi connectivity index (χ3n) is 7.29. The first kappa shape index (κ1) is 23.1. The normalized spacial score (nSPS) is 20.7. The van der Waals surface area contributed by atoms with E-state index in [4.69, 9.17) is 0 Å². The lowest BCUT2D eigenvalue weighted by atomic mass is 10.0. The Labute approximate surface area is 211 Å². The van der Waals surface area contributed by atoms with Crippen molar-refractivity contribution in [3.8, 4) is 23.0 Å². The molecule has 0 aliphatic carbocycles. The van der Waals surface area contributed by atoms with Crippen molar-refractivity contribution in [2.24, 2.45) is 0 Å². The maximum atomic E-state index is 14.8. The van der Waals surface area contributed by atoms with Gasteiger partial charge in [-0.25, -0.2) is 14.1 Å². The van der Waals surface area contributed by atoms with Gasteiger partial charge in [-0.2, -0.15) is 10.4 Å². The largest absolute Gasteiger partial charge is 0.378 e. The van der Waals surface area contributed by atoms with Crippen LogP contribution in [0, 0.1) is 17.1 Å². The number of nitriles is 1. The van der Waals surface area contributed by atoms with Gasteiger partial charge in [-0.3, -0.25) is 9.59 Å². The Hall–Kier alpha value is -4.30. The van der Waals surface area contributed by atoms with Crippen molar-refractivity contribution in [1.29, 1.82) is 5.26 Å². The summed E-state index contributed by atoms with van der Waals surface area (Å²) in [5.41, 5.74) is 0.127. The first-order valence-electron chi connectivity index (χ1n) is 12.2. The molecule has 3 aromatic rings. The van der Waals surface area contributed by atoms with Crippen molar-refractivity contribution in [3.05, 3.63) is 59.2 Å². The Kier molecular flexibility index (Phi) is 5.42. The molecule has 188 valence electrons. The van der Waals surface area contributed by atoms with Gasteiger partial charge in [0.25, 0.3) is 11.8 Å². The van der Waals surface area contributed by atoms with Gasteiger partial charge in [-0.1, -0.05) is 6.07 Å². The summed E-state index contributed by atoms with van der Waals surface area (Å²) in [4.78, 5) is 33.6. The average molecular weight is 502 g/mol. The maximum absolute atomic E-state index is 14.8. The number of likely N-dealkylation sites (tertiary alicyclic amines) is 1. The number of carbonyl (C=O) groups is 2. The van der Waals surface area contributed by atoms with E-state index in [2.05, 4.69) is 15.4 Å². The smallest absolute Gasteiger partial charge is 0.256 e. The van der Waals surface area contributed by atoms with Gasteiger partial charge >= 0.3 is 0 Å². The van der Waals surface area contributed by atoms with Gasteiger partial charge in [0, 0.05) is 38.3 Å². The summed E-state index contributed by atoms with van der Waals surface area (Å²) in [5, 5.41) is 28.0. The van der Waals surface area contributed by atoms with Gasteiger partial charge < -0.3 is 20.2 Å². The van der Waals surface area contributed by atoms with Crippen molar-refractivity contribution < 1.29 is 19.1 Å². The Balaban J connectivity index is 1.35. The van der Waals surface area contributed by atoms with E-state index in [0.29, 0.717) is 48.8 Å². The zero-order valence-corrected chi connectivity index (χ0v) is 19.9. The molecule has 0 bridgehead atoms. The highest BCUT2D eigenvalue weighted by Gasteiger charge is 2.46. The monoisotopic (exact) mass is 501 g/mol. The van der Waals surface area contributed by atoms with Crippen molar-refractivity contribution >= 4 is 17.6 Å². The molecular weight excluding hydrogens is 477 g/mol. The number of hydrogen-bond acceptors (Lipinski definition) is 7. The lowest BCUT2D eigenvalue weighted by molar-refractivity contribution is -0.147. The second kappa shape index (κ2) is 8.67. The molecule has 2 fully saturated rings. The second-order valence-corrected chi connectivity index (χ2v) is 9.63. The molecule has 0 unspecified atom stereocenters. The summed E-state index contributed by atoms with van der Waals surface area (Å²) >= 11 is 0. The van der Waals surface area contributed by atoms with Crippen LogP contribution in [-0.4, -0.2) is 68.4 Å². The SMILES string of the molecule is N#Cc1cccc(F)c1-c1cc(-n2ccc(N3CC[C@](O)(C(=O)N4CCCC4)C3)n2)c2c(n1)CNC2=O. The van der Waals surface area contributed by atoms with Gasteiger partial charge in [0.2, 0.25) is 0 Å². The molecule has 2 N–H and O–H groups in total. The minimum Gasteiger partial charge on any atom is -0.378 e. The zero-order chi connectivity index (χ0) is 25.7. The van der Waals surface area contributed by atoms with Gasteiger partial charge in [-0.15, -0.1) is 0 Å². The quantitative estimate of drug-likeness (QED) is 0.558. The predicted molar refractivity (Wildman–Crippen MR) is 130 cm³/mol. The molecule has 3 aliphatic rings. The fourth-order valence-corrected chi connectivity index (χ4v) is 5.39. The Bertz CT molecular complexity index is 1470. The predicted octanol–water partition coefficient (Wildman–Crippen LogP) is 1.75. The molecule has 10 nitrogen and oxygen atoms in total. The minimum atomic E-state index is -1.46. The molecule has 2 saturated heterocycles. The van der Waals surface area contributed by atoms with E-state index in [1.165, 1.54) is 22.9 Å². The van der Waals surface area contributed by atoms with E-state index in [1.54, 1.807) is 23.2 Å². The number of fused-ring (bicyclic) bond motifs is 1. The summed E-state index contributed by atoms with van der Waals surface area (Å²) in [6.07, 6.45) is 3.87. The maximum Gasteiger partial charge on any atom is 0.256 e. The van der Waals surface area contributed by atoms with Gasteiger partial charge in [0.15, 0.2) is 11.4 Å². The molecule has 1 aromatic carbocycles. The third kappa shape index (κ3) is 3.81. The molecule has 5 heterocycles. The zero-order valence-electron chi connectivity index (χ0n) is 19.9. The van der Waals surface area contributed by atoms with Gasteiger partial charge in [-0.05, 0) is 31.0 Å². The molecule has 0 saturated carbocycles. The highest BCUT2D eigenvalue weighted by molar-refractivity contribution is 6.01. The van der Waals surface area contributed by atoms with Crippen LogP contribution in [0.5, 0.6) is 0 Å². The highest BCUT2D eigenvalue weighted by atomic mass is 19.1. The molecule has 0 spiro atoms. The summed E-state index contributed by atoms with van der Waals surface area (Å²) in [6.45, 7) is 2.09. The molecule has 0 radical (unpaired) electrons. The number of amides is 2. The summed E-state index contributed by atoms with van der Waals surface area (Å²) < 4.78 is 16.3. The van der Waals surface area contributed by atoms with Crippen LogP contribution in [0.25, 0.3) is 16.9 Å². The van der Waals surface area contributed by atoms with E-state index in [1.807, 2.05) is 11.0 Å². The van der Waals surface area contributed by atoms with Gasteiger partial charge in [0.1, 0.15) is 5.82 Å². The molecule has 3 aliphatic heterocycles. The van der Waals surface area contributed by atoms with E-state index >= 15 is 0 Å². The highest BCUT2D eigenvalue weighted by Crippen LogP contribution is 2.33. The average Bonchev–Trinajstić information content (AvgIpc) is 3.70. The number of benzene rings is 1. The minimum absolute atomic E-state index is 0.0609. The van der Waals surface area contributed by atoms with Gasteiger partial charge in [0.05, 0.1) is 52.9 Å². The van der Waals surface area contributed by atoms with Crippen molar-refractivity contribution in [3.63, 3.8) is 0 Å². The molecular formula is C26H24FN7O3. The number of anilines is 1. The first-order valence-corrected chi connectivity index (χ1v) is 12.2. The molecule has 1 atom stereocenters. The molecule has 37 heavy (non-hydrogen) atoms. The summed E-state index contributed by atoms with van der Waals surface area (Å²) in [5.74, 6) is -0.602. The van der Waals surface area contributed by atoms with Crippen LogP contribution < -0.4 is 10.2 Å². The lowest BCUT2D eigenvalue weighted by Crippen LogP contribution is -2.49. The number of aromatic nitrogens is 3. The number of hydrogen-bond donors (Lipinski definition) is 2. The Morgan fingerprint density at radius 1 is 1.19 bits per heavy atom. The van der Waals surface area contributed by atoms with Crippen LogP contribution in [0.3, 0.4) is 0 Å². The summed E-state index contributed by atoms with van der Waals surface area (Å²) in [7, 11) is 0. The van der Waals surface area contributed by atoms with Crippen LogP contribution in [0.1, 0.15) is 40.9 Å². The van der Waals surface area contributed by atoms with Crippen LogP contribution in [0.4, 0.5) is 10.2 Å². The number of nitrogens with zero attached hydrogens (tertiary/aromatic N) is 6. The second-order valence-electron chi connectivity index (χ2n) is 9.63. The number of aliphatic hydroxyl groups is 1. The number of halogens is 1. The molecule has 2 aromatic heterocycles. The van der Waals surface area contributed by atoms with E-state index < -0.39 is 11.4 Å². The fourth-order valence-electron chi connectivity index (χ4n) is 5.39. The molecule has 11 heteroatoms. The van der Waals surface area contributed by atoms with Crippen molar-refractivity contribution in [2.45, 2.75) is 31.4 Å².